The molecular formula is C29H34N8O2. The molecule has 1 saturated heterocycles. The van der Waals surface area contributed by atoms with Gasteiger partial charge in [-0.15, -0.1) is 0 Å². The van der Waals surface area contributed by atoms with Crippen LogP contribution in [-0.4, -0.2) is 70.7 Å². The Labute approximate surface area is 228 Å². The van der Waals surface area contributed by atoms with Crippen LogP contribution in [0.3, 0.4) is 0 Å². The van der Waals surface area contributed by atoms with Gasteiger partial charge in [0.2, 0.25) is 11.9 Å². The molecule has 1 fully saturated rings. The van der Waals surface area contributed by atoms with Gasteiger partial charge < -0.3 is 29.7 Å². The van der Waals surface area contributed by atoms with E-state index in [0.29, 0.717) is 29.1 Å². The van der Waals surface area contributed by atoms with Crippen LogP contribution in [0, 0.1) is 0 Å². The fraction of sp³-hybridized carbons (Fsp3) is 0.310. The van der Waals surface area contributed by atoms with Gasteiger partial charge in [-0.25, -0.2) is 9.97 Å². The topological polar surface area (TPSA) is 100 Å². The van der Waals surface area contributed by atoms with Gasteiger partial charge in [0.15, 0.2) is 0 Å². The summed E-state index contributed by atoms with van der Waals surface area (Å²) in [7, 11) is 7.85. The van der Waals surface area contributed by atoms with Gasteiger partial charge in [0, 0.05) is 56.4 Å². The van der Waals surface area contributed by atoms with Crippen LogP contribution < -0.4 is 20.3 Å². The van der Waals surface area contributed by atoms with Gasteiger partial charge in [0.1, 0.15) is 5.75 Å². The Morgan fingerprint density at radius 3 is 2.67 bits per heavy atom. The van der Waals surface area contributed by atoms with E-state index in [1.54, 1.807) is 19.5 Å². The fourth-order valence-corrected chi connectivity index (χ4v) is 5.09. The zero-order valence-corrected chi connectivity index (χ0v) is 22.8. The Balaban J connectivity index is 1.48. The van der Waals surface area contributed by atoms with Gasteiger partial charge in [0.25, 0.3) is 0 Å². The quantitative estimate of drug-likeness (QED) is 0.325. The second-order valence-electron chi connectivity index (χ2n) is 9.86. The van der Waals surface area contributed by atoms with E-state index in [2.05, 4.69) is 51.1 Å². The molecule has 0 saturated carbocycles. The molecule has 202 valence electrons. The van der Waals surface area contributed by atoms with Crippen LogP contribution in [0.4, 0.5) is 23.0 Å². The summed E-state index contributed by atoms with van der Waals surface area (Å²) in [6.45, 7) is 5.37. The number of hydrogen-bond acceptors (Lipinski definition) is 8. The van der Waals surface area contributed by atoms with Crippen LogP contribution in [0.1, 0.15) is 12.8 Å². The molecule has 0 aliphatic carbocycles. The summed E-state index contributed by atoms with van der Waals surface area (Å²) in [4.78, 5) is 30.7. The molecule has 0 radical (unpaired) electrons. The highest BCUT2D eigenvalue weighted by Crippen LogP contribution is 2.39. The highest BCUT2D eigenvalue weighted by molar-refractivity contribution is 6.02. The Morgan fingerprint density at radius 2 is 1.95 bits per heavy atom. The number of aryl methyl sites for hydroxylation is 1. The second-order valence-corrected chi connectivity index (χ2v) is 9.86. The molecule has 4 aromatic rings. The maximum atomic E-state index is 12.4. The highest BCUT2D eigenvalue weighted by atomic mass is 16.5. The third kappa shape index (κ3) is 5.42. The lowest BCUT2D eigenvalue weighted by Crippen LogP contribution is -2.42. The van der Waals surface area contributed by atoms with Crippen molar-refractivity contribution in [2.75, 3.05) is 49.8 Å². The largest absolute Gasteiger partial charge is 0.494 e. The number of carbonyl (C=O) groups excluding carboxylic acids is 1. The van der Waals surface area contributed by atoms with Crippen molar-refractivity contribution in [1.29, 1.82) is 0 Å². The molecule has 10 nitrogen and oxygen atoms in total. The summed E-state index contributed by atoms with van der Waals surface area (Å²) < 4.78 is 7.80. The zero-order valence-electron chi connectivity index (χ0n) is 22.8. The predicted molar refractivity (Wildman–Crippen MR) is 156 cm³/mol. The number of carbonyl (C=O) groups is 1. The molecule has 1 amide bonds. The third-order valence-electron chi connectivity index (χ3n) is 7.22. The monoisotopic (exact) mass is 526 g/mol. The van der Waals surface area contributed by atoms with Crippen LogP contribution in [0.5, 0.6) is 5.75 Å². The Kier molecular flexibility index (Phi) is 7.47. The van der Waals surface area contributed by atoms with E-state index >= 15 is 0 Å². The molecule has 5 rings (SSSR count). The third-order valence-corrected chi connectivity index (χ3v) is 7.22. The summed E-state index contributed by atoms with van der Waals surface area (Å²) in [6.07, 6.45) is 8.84. The molecule has 1 aliphatic rings. The van der Waals surface area contributed by atoms with Gasteiger partial charge in [-0.3, -0.25) is 9.78 Å². The molecule has 10 heteroatoms. The number of benzene rings is 1. The Morgan fingerprint density at radius 1 is 1.15 bits per heavy atom. The van der Waals surface area contributed by atoms with Crippen LogP contribution >= 0.6 is 0 Å². The standard InChI is InChI=1S/C29H34N8O2/c1-6-27(38)32-22-16-23(26(39-5)17-25(22)37-14-10-19(11-15-37)35(2)3)34-29-31-13-9-21(33-29)20-18-36(4)24-8-7-12-30-28(20)24/h6-9,12-13,16-19H,1,10-11,14-15H2,2-5H3,(H,32,38)(H,31,33,34). The van der Waals surface area contributed by atoms with E-state index in [1.807, 2.05) is 48.1 Å². The normalized spacial score (nSPS) is 14.0. The molecule has 1 aromatic carbocycles. The number of pyridine rings is 1. The highest BCUT2D eigenvalue weighted by Gasteiger charge is 2.24. The zero-order chi connectivity index (χ0) is 27.5. The number of piperidine rings is 1. The second kappa shape index (κ2) is 11.1. The van der Waals surface area contributed by atoms with Crippen molar-refractivity contribution < 1.29 is 9.53 Å². The van der Waals surface area contributed by atoms with E-state index in [-0.39, 0.29) is 5.91 Å². The number of nitrogens with zero attached hydrogens (tertiary/aromatic N) is 6. The lowest BCUT2D eigenvalue weighted by Gasteiger charge is -2.37. The van der Waals surface area contributed by atoms with Crippen molar-refractivity contribution >= 4 is 40.0 Å². The van der Waals surface area contributed by atoms with Gasteiger partial charge in [0.05, 0.1) is 40.9 Å². The summed E-state index contributed by atoms with van der Waals surface area (Å²) in [5, 5.41) is 6.27. The summed E-state index contributed by atoms with van der Waals surface area (Å²) in [5.74, 6) is 0.744. The Bertz CT molecular complexity index is 1500. The van der Waals surface area contributed by atoms with Crippen molar-refractivity contribution in [2.24, 2.45) is 7.05 Å². The summed E-state index contributed by atoms with van der Waals surface area (Å²) in [5.41, 5.74) is 5.77. The van der Waals surface area contributed by atoms with Crippen molar-refractivity contribution in [3.8, 4) is 17.0 Å². The first-order valence-electron chi connectivity index (χ1n) is 12.9. The lowest BCUT2D eigenvalue weighted by atomic mass is 10.0. The number of rotatable bonds is 8. The molecule has 1 aliphatic heterocycles. The first kappa shape index (κ1) is 26.2. The summed E-state index contributed by atoms with van der Waals surface area (Å²) >= 11 is 0. The number of anilines is 4. The minimum Gasteiger partial charge on any atom is -0.494 e. The molecular weight excluding hydrogens is 492 g/mol. The lowest BCUT2D eigenvalue weighted by molar-refractivity contribution is -0.111. The van der Waals surface area contributed by atoms with E-state index in [0.717, 1.165) is 53.9 Å². The van der Waals surface area contributed by atoms with Crippen molar-refractivity contribution in [3.63, 3.8) is 0 Å². The van der Waals surface area contributed by atoms with E-state index in [4.69, 9.17) is 9.72 Å². The minimum absolute atomic E-state index is 0.280. The van der Waals surface area contributed by atoms with Crippen LogP contribution in [0.25, 0.3) is 22.3 Å². The molecule has 0 spiro atoms. The average molecular weight is 527 g/mol. The van der Waals surface area contributed by atoms with Crippen molar-refractivity contribution in [3.05, 3.63) is 61.6 Å². The predicted octanol–water partition coefficient (Wildman–Crippen LogP) is 4.44. The van der Waals surface area contributed by atoms with Gasteiger partial charge in [-0.05, 0) is 57.3 Å². The SMILES string of the molecule is C=CC(=O)Nc1cc(Nc2nccc(-c3cn(C)c4cccnc34)n2)c(OC)cc1N1CCC(N(C)C)CC1. The van der Waals surface area contributed by atoms with Crippen molar-refractivity contribution in [2.45, 2.75) is 18.9 Å². The fourth-order valence-electron chi connectivity index (χ4n) is 5.09. The number of hydrogen-bond donors (Lipinski definition) is 2. The van der Waals surface area contributed by atoms with E-state index in [1.165, 1.54) is 6.08 Å². The average Bonchev–Trinajstić information content (AvgIpc) is 3.30. The van der Waals surface area contributed by atoms with E-state index < -0.39 is 0 Å². The van der Waals surface area contributed by atoms with Gasteiger partial charge in [-0.1, -0.05) is 6.58 Å². The smallest absolute Gasteiger partial charge is 0.247 e. The number of nitrogens with one attached hydrogen (secondary N) is 2. The molecule has 39 heavy (non-hydrogen) atoms. The van der Waals surface area contributed by atoms with Gasteiger partial charge >= 0.3 is 0 Å². The molecule has 2 N–H and O–H groups in total. The number of methoxy groups -OCH3 is 1. The molecule has 0 unspecified atom stereocenters. The maximum Gasteiger partial charge on any atom is 0.247 e. The first-order chi connectivity index (χ1) is 18.9. The summed E-state index contributed by atoms with van der Waals surface area (Å²) in [6, 6.07) is 10.2. The van der Waals surface area contributed by atoms with Crippen molar-refractivity contribution in [1.82, 2.24) is 24.4 Å². The number of fused-ring (bicyclic) bond motifs is 1. The first-order valence-corrected chi connectivity index (χ1v) is 12.9. The minimum atomic E-state index is -0.280. The van der Waals surface area contributed by atoms with Gasteiger partial charge in [-0.2, -0.15) is 0 Å². The maximum absolute atomic E-state index is 12.4. The van der Waals surface area contributed by atoms with Crippen LogP contribution in [0.15, 0.2) is 61.6 Å². The van der Waals surface area contributed by atoms with Crippen LogP contribution in [0.2, 0.25) is 0 Å². The number of aromatic nitrogens is 4. The molecule has 4 heterocycles. The van der Waals surface area contributed by atoms with Crippen LogP contribution in [-0.2, 0) is 11.8 Å². The molecule has 3 aromatic heterocycles. The number of amides is 1. The Hall–Kier alpha value is -4.44. The molecule has 0 bridgehead atoms. The molecule has 0 atom stereocenters. The van der Waals surface area contributed by atoms with E-state index in [9.17, 15) is 4.79 Å². The number of ether oxygens (including phenoxy) is 1.